The molecular weight excluding hydrogens is 130 g/mol. The third-order valence-corrected chi connectivity index (χ3v) is 1.77. The van der Waals surface area contributed by atoms with Crippen LogP contribution in [-0.4, -0.2) is 30.6 Å². The van der Waals surface area contributed by atoms with Gasteiger partial charge in [0.2, 0.25) is 6.41 Å². The van der Waals surface area contributed by atoms with Crippen LogP contribution in [0.4, 0.5) is 0 Å². The van der Waals surface area contributed by atoms with Crippen molar-refractivity contribution < 1.29 is 4.79 Å². The van der Waals surface area contributed by atoms with E-state index in [-0.39, 0.29) is 0 Å². The predicted octanol–water partition coefficient (Wildman–Crippen LogP) is -0.929. The number of hydrogen-bond acceptors (Lipinski definition) is 3. The van der Waals surface area contributed by atoms with Crippen molar-refractivity contribution >= 4 is 6.41 Å². The van der Waals surface area contributed by atoms with Gasteiger partial charge in [0.05, 0.1) is 0 Å². The summed E-state index contributed by atoms with van der Waals surface area (Å²) in [5.41, 5.74) is 8.25. The van der Waals surface area contributed by atoms with Crippen molar-refractivity contribution in [2.45, 2.75) is 18.9 Å². The number of rotatable bonds is 2. The minimum Gasteiger partial charge on any atom is -0.328 e. The molecule has 1 aliphatic heterocycles. The summed E-state index contributed by atoms with van der Waals surface area (Å²) in [6.07, 6.45) is 2.65. The molecule has 4 heteroatoms. The van der Waals surface area contributed by atoms with Crippen LogP contribution in [0.1, 0.15) is 12.8 Å². The third kappa shape index (κ3) is 1.97. The quantitative estimate of drug-likeness (QED) is 0.491. The normalized spacial score (nSPS) is 22.5. The molecule has 1 fully saturated rings. The molecule has 58 valence electrons. The number of carbonyl (C=O) groups is 1. The van der Waals surface area contributed by atoms with Gasteiger partial charge in [0, 0.05) is 19.1 Å². The maximum Gasteiger partial charge on any atom is 0.221 e. The van der Waals surface area contributed by atoms with E-state index < -0.39 is 0 Å². The molecule has 0 aromatic rings. The van der Waals surface area contributed by atoms with Gasteiger partial charge in [0.15, 0.2) is 0 Å². The molecule has 3 N–H and O–H groups in total. The average molecular weight is 143 g/mol. The Morgan fingerprint density at radius 2 is 2.10 bits per heavy atom. The van der Waals surface area contributed by atoms with Gasteiger partial charge in [-0.1, -0.05) is 0 Å². The van der Waals surface area contributed by atoms with E-state index >= 15 is 0 Å². The molecule has 0 saturated carbocycles. The summed E-state index contributed by atoms with van der Waals surface area (Å²) >= 11 is 0. The summed E-state index contributed by atoms with van der Waals surface area (Å²) in [6.45, 7) is 1.75. The van der Waals surface area contributed by atoms with Crippen molar-refractivity contribution in [3.8, 4) is 0 Å². The van der Waals surface area contributed by atoms with E-state index in [9.17, 15) is 4.79 Å². The summed E-state index contributed by atoms with van der Waals surface area (Å²) < 4.78 is 0. The van der Waals surface area contributed by atoms with Crippen molar-refractivity contribution in [3.63, 3.8) is 0 Å². The van der Waals surface area contributed by atoms with Crippen molar-refractivity contribution in [3.05, 3.63) is 0 Å². The van der Waals surface area contributed by atoms with E-state index in [0.717, 1.165) is 25.9 Å². The highest BCUT2D eigenvalue weighted by Crippen LogP contribution is 2.04. The Balaban J connectivity index is 2.19. The fourth-order valence-corrected chi connectivity index (χ4v) is 1.10. The molecule has 1 amide bonds. The summed E-state index contributed by atoms with van der Waals surface area (Å²) in [6, 6.07) is 0.324. The van der Waals surface area contributed by atoms with Crippen LogP contribution in [0.15, 0.2) is 0 Å². The summed E-state index contributed by atoms with van der Waals surface area (Å²) in [7, 11) is 0. The van der Waals surface area contributed by atoms with Gasteiger partial charge in [0.25, 0.3) is 0 Å². The largest absolute Gasteiger partial charge is 0.328 e. The van der Waals surface area contributed by atoms with Crippen LogP contribution >= 0.6 is 0 Å². The molecule has 0 aromatic carbocycles. The van der Waals surface area contributed by atoms with Gasteiger partial charge >= 0.3 is 0 Å². The van der Waals surface area contributed by atoms with E-state index in [1.807, 2.05) is 5.01 Å². The molecule has 0 atom stereocenters. The zero-order valence-electron chi connectivity index (χ0n) is 5.92. The Labute approximate surface area is 60.3 Å². The van der Waals surface area contributed by atoms with Crippen molar-refractivity contribution in [1.82, 2.24) is 10.4 Å². The van der Waals surface area contributed by atoms with Crippen LogP contribution in [0.2, 0.25) is 0 Å². The molecule has 0 unspecified atom stereocenters. The molecule has 1 rings (SSSR count). The third-order valence-electron chi connectivity index (χ3n) is 1.77. The molecule has 0 bridgehead atoms. The summed E-state index contributed by atoms with van der Waals surface area (Å²) in [4.78, 5) is 9.97. The van der Waals surface area contributed by atoms with Gasteiger partial charge in [-0.25, -0.2) is 5.01 Å². The molecule has 10 heavy (non-hydrogen) atoms. The lowest BCUT2D eigenvalue weighted by molar-refractivity contribution is -0.114. The van der Waals surface area contributed by atoms with E-state index in [1.54, 1.807) is 0 Å². The van der Waals surface area contributed by atoms with E-state index in [0.29, 0.717) is 12.5 Å². The number of carbonyl (C=O) groups excluding carboxylic acids is 1. The minimum absolute atomic E-state index is 0.324. The van der Waals surface area contributed by atoms with Gasteiger partial charge in [-0.05, 0) is 12.8 Å². The van der Waals surface area contributed by atoms with Gasteiger partial charge in [0.1, 0.15) is 0 Å². The smallest absolute Gasteiger partial charge is 0.221 e. The van der Waals surface area contributed by atoms with Crippen molar-refractivity contribution in [1.29, 1.82) is 0 Å². The second-order valence-electron chi connectivity index (χ2n) is 2.57. The number of hydrazine groups is 1. The molecular formula is C6H13N3O. The van der Waals surface area contributed by atoms with E-state index in [2.05, 4.69) is 5.43 Å². The number of nitrogens with zero attached hydrogens (tertiary/aromatic N) is 1. The van der Waals surface area contributed by atoms with Crippen LogP contribution in [0.5, 0.6) is 0 Å². The Bertz CT molecular complexity index is 110. The topological polar surface area (TPSA) is 58.4 Å². The summed E-state index contributed by atoms with van der Waals surface area (Å²) in [5.74, 6) is 0. The van der Waals surface area contributed by atoms with E-state index in [1.165, 1.54) is 0 Å². The van der Waals surface area contributed by atoms with Crippen LogP contribution in [0.3, 0.4) is 0 Å². The zero-order valence-corrected chi connectivity index (χ0v) is 5.92. The standard InChI is InChI=1S/C6H13N3O/c7-6-1-3-9(4-2-6)8-5-10/h5-6H,1-4,7H2,(H,8,10). The molecule has 1 saturated heterocycles. The summed E-state index contributed by atoms with van der Waals surface area (Å²) in [5, 5.41) is 1.89. The zero-order chi connectivity index (χ0) is 7.40. The molecule has 4 nitrogen and oxygen atoms in total. The van der Waals surface area contributed by atoms with Crippen molar-refractivity contribution in [2.24, 2.45) is 5.73 Å². The second-order valence-corrected chi connectivity index (χ2v) is 2.57. The van der Waals surface area contributed by atoms with Gasteiger partial charge in [-0.15, -0.1) is 0 Å². The van der Waals surface area contributed by atoms with Gasteiger partial charge in [-0.2, -0.15) is 0 Å². The Morgan fingerprint density at radius 3 is 2.60 bits per heavy atom. The first-order valence-electron chi connectivity index (χ1n) is 3.53. The first-order valence-corrected chi connectivity index (χ1v) is 3.53. The van der Waals surface area contributed by atoms with Gasteiger partial charge in [-0.3, -0.25) is 10.2 Å². The van der Waals surface area contributed by atoms with Crippen molar-refractivity contribution in [2.75, 3.05) is 13.1 Å². The Morgan fingerprint density at radius 1 is 1.50 bits per heavy atom. The fraction of sp³-hybridized carbons (Fsp3) is 0.833. The first-order chi connectivity index (χ1) is 4.83. The first kappa shape index (κ1) is 7.50. The lowest BCUT2D eigenvalue weighted by Crippen LogP contribution is -2.46. The minimum atomic E-state index is 0.324. The molecule has 1 aliphatic rings. The SMILES string of the molecule is NC1CCN(NC=O)CC1. The number of piperidine rings is 1. The van der Waals surface area contributed by atoms with Crippen LogP contribution in [0.25, 0.3) is 0 Å². The highest BCUT2D eigenvalue weighted by Gasteiger charge is 2.14. The van der Waals surface area contributed by atoms with Crippen LogP contribution in [-0.2, 0) is 4.79 Å². The number of nitrogens with one attached hydrogen (secondary N) is 1. The van der Waals surface area contributed by atoms with Crippen LogP contribution in [0, 0.1) is 0 Å². The Hall–Kier alpha value is -0.610. The number of amides is 1. The second kappa shape index (κ2) is 3.53. The average Bonchev–Trinajstić information content (AvgIpc) is 1.95. The highest BCUT2D eigenvalue weighted by molar-refractivity contribution is 5.44. The molecule has 0 spiro atoms. The number of nitrogens with two attached hydrogens (primary N) is 1. The molecule has 1 heterocycles. The van der Waals surface area contributed by atoms with Gasteiger partial charge < -0.3 is 5.73 Å². The number of hydrogen-bond donors (Lipinski definition) is 2. The maximum absolute atomic E-state index is 9.97. The van der Waals surface area contributed by atoms with Crippen LogP contribution < -0.4 is 11.2 Å². The maximum atomic E-state index is 9.97. The predicted molar refractivity (Wildman–Crippen MR) is 38.0 cm³/mol. The molecule has 0 aliphatic carbocycles. The van der Waals surface area contributed by atoms with E-state index in [4.69, 9.17) is 5.73 Å². The molecule has 0 radical (unpaired) electrons. The molecule has 0 aromatic heterocycles. The lowest BCUT2D eigenvalue weighted by Gasteiger charge is -2.28. The lowest BCUT2D eigenvalue weighted by atomic mass is 10.1. The highest BCUT2D eigenvalue weighted by atomic mass is 16.1. The fourth-order valence-electron chi connectivity index (χ4n) is 1.10. The monoisotopic (exact) mass is 143 g/mol. The Kier molecular flexibility index (Phi) is 2.65.